The third-order valence-corrected chi connectivity index (χ3v) is 6.83. The van der Waals surface area contributed by atoms with E-state index in [4.69, 9.17) is 14.5 Å². The van der Waals surface area contributed by atoms with E-state index in [2.05, 4.69) is 11.1 Å². The summed E-state index contributed by atoms with van der Waals surface area (Å²) in [4.78, 5) is 31.4. The normalized spacial score (nSPS) is 11.0. The van der Waals surface area contributed by atoms with Crippen LogP contribution in [0.25, 0.3) is 16.6 Å². The molecule has 0 spiro atoms. The van der Waals surface area contributed by atoms with Crippen LogP contribution >= 0.6 is 11.8 Å². The zero-order valence-corrected chi connectivity index (χ0v) is 21.0. The van der Waals surface area contributed by atoms with Gasteiger partial charge in [0.2, 0.25) is 0 Å². The largest absolute Gasteiger partial charge is 0.493 e. The third-order valence-electron chi connectivity index (χ3n) is 5.89. The molecule has 0 N–H and O–H groups in total. The lowest BCUT2D eigenvalue weighted by Gasteiger charge is -2.15. The van der Waals surface area contributed by atoms with Gasteiger partial charge in [-0.25, -0.2) is 4.98 Å². The standard InChI is InChI=1S/C27H27N3O4S/c1-6-13-29-17(2)14-21(18(29)3)23(31)16-35-27-28-22-10-8-7-9-20(22)26(32)30(27)19-11-12-24(33-4)25(15-19)34-5/h6-12,14-15H,1,13,16H2,2-5H3. The lowest BCUT2D eigenvalue weighted by molar-refractivity contribution is 0.102. The smallest absolute Gasteiger partial charge is 0.266 e. The van der Waals surface area contributed by atoms with Gasteiger partial charge in [-0.15, -0.1) is 6.58 Å². The van der Waals surface area contributed by atoms with Gasteiger partial charge in [-0.1, -0.05) is 30.0 Å². The quantitative estimate of drug-likeness (QED) is 0.143. The Bertz CT molecular complexity index is 1490. The van der Waals surface area contributed by atoms with Gasteiger partial charge in [-0.3, -0.25) is 14.2 Å². The number of allylic oxidation sites excluding steroid dienone is 1. The highest BCUT2D eigenvalue weighted by Gasteiger charge is 2.19. The number of rotatable bonds is 9. The Labute approximate surface area is 208 Å². The van der Waals surface area contributed by atoms with Gasteiger partial charge in [-0.05, 0) is 44.2 Å². The second-order valence-electron chi connectivity index (χ2n) is 7.99. The van der Waals surface area contributed by atoms with Crippen LogP contribution < -0.4 is 15.0 Å². The van der Waals surface area contributed by atoms with Gasteiger partial charge in [0.15, 0.2) is 22.4 Å². The SMILES string of the molecule is C=CCn1c(C)cc(C(=O)CSc2nc3ccccc3c(=O)n2-c2ccc(OC)c(OC)c2)c1C. The summed E-state index contributed by atoms with van der Waals surface area (Å²) in [5, 5.41) is 0.917. The Morgan fingerprint density at radius 2 is 1.83 bits per heavy atom. The molecule has 0 saturated carbocycles. The summed E-state index contributed by atoms with van der Waals surface area (Å²) in [5.74, 6) is 1.15. The molecule has 0 amide bonds. The summed E-state index contributed by atoms with van der Waals surface area (Å²) in [5.41, 5.74) is 3.50. The van der Waals surface area contributed by atoms with Crippen LogP contribution in [0.15, 0.2) is 71.1 Å². The summed E-state index contributed by atoms with van der Waals surface area (Å²) in [6.45, 7) is 8.34. The third kappa shape index (κ3) is 4.61. The van der Waals surface area contributed by atoms with Crippen molar-refractivity contribution in [2.75, 3.05) is 20.0 Å². The van der Waals surface area contributed by atoms with Crippen molar-refractivity contribution in [2.45, 2.75) is 25.5 Å². The van der Waals surface area contributed by atoms with Crippen LogP contribution in [0, 0.1) is 13.8 Å². The van der Waals surface area contributed by atoms with Gasteiger partial charge in [-0.2, -0.15) is 0 Å². The van der Waals surface area contributed by atoms with Crippen LogP contribution in [0.1, 0.15) is 21.7 Å². The minimum Gasteiger partial charge on any atom is -0.493 e. The van der Waals surface area contributed by atoms with Crippen LogP contribution in [0.5, 0.6) is 11.5 Å². The predicted molar refractivity (Wildman–Crippen MR) is 140 cm³/mol. The molecule has 0 aliphatic carbocycles. The highest BCUT2D eigenvalue weighted by molar-refractivity contribution is 7.99. The Hall–Kier alpha value is -3.78. The Morgan fingerprint density at radius 1 is 1.09 bits per heavy atom. The van der Waals surface area contributed by atoms with E-state index in [9.17, 15) is 9.59 Å². The number of ether oxygens (including phenoxy) is 2. The molecule has 0 bridgehead atoms. The highest BCUT2D eigenvalue weighted by atomic mass is 32.2. The number of nitrogens with zero attached hydrogens (tertiary/aromatic N) is 3. The van der Waals surface area contributed by atoms with Gasteiger partial charge in [0.1, 0.15) is 0 Å². The first-order valence-electron chi connectivity index (χ1n) is 11.1. The Kier molecular flexibility index (Phi) is 7.12. The molecule has 2 aromatic heterocycles. The molecule has 4 rings (SSSR count). The molecule has 2 heterocycles. The van der Waals surface area contributed by atoms with Crippen molar-refractivity contribution >= 4 is 28.4 Å². The van der Waals surface area contributed by atoms with E-state index in [1.54, 1.807) is 50.6 Å². The van der Waals surface area contributed by atoms with Crippen molar-refractivity contribution in [2.24, 2.45) is 0 Å². The molecule has 35 heavy (non-hydrogen) atoms. The van der Waals surface area contributed by atoms with Crippen molar-refractivity contribution in [3.8, 4) is 17.2 Å². The van der Waals surface area contributed by atoms with E-state index < -0.39 is 0 Å². The minimum absolute atomic E-state index is 0.0281. The number of hydrogen-bond donors (Lipinski definition) is 0. The number of thioether (sulfide) groups is 1. The van der Waals surface area contributed by atoms with E-state index in [-0.39, 0.29) is 17.1 Å². The molecule has 2 aromatic carbocycles. The highest BCUT2D eigenvalue weighted by Crippen LogP contribution is 2.31. The number of benzene rings is 2. The monoisotopic (exact) mass is 489 g/mol. The Morgan fingerprint density at radius 3 is 2.54 bits per heavy atom. The van der Waals surface area contributed by atoms with Crippen LogP contribution in [0.4, 0.5) is 0 Å². The van der Waals surface area contributed by atoms with Crippen LogP contribution in [-0.2, 0) is 6.54 Å². The molecule has 0 unspecified atom stereocenters. The lowest BCUT2D eigenvalue weighted by atomic mass is 10.2. The fraction of sp³-hybridized carbons (Fsp3) is 0.222. The van der Waals surface area contributed by atoms with E-state index in [0.717, 1.165) is 11.4 Å². The first-order valence-corrected chi connectivity index (χ1v) is 12.1. The maximum atomic E-state index is 13.5. The molecule has 0 saturated heterocycles. The predicted octanol–water partition coefficient (Wildman–Crippen LogP) is 4.98. The average molecular weight is 490 g/mol. The molecule has 8 heteroatoms. The van der Waals surface area contributed by atoms with E-state index in [1.807, 2.05) is 32.1 Å². The van der Waals surface area contributed by atoms with Crippen molar-refractivity contribution in [3.05, 3.63) is 88.5 Å². The number of ketones is 1. The first kappa shape index (κ1) is 24.3. The fourth-order valence-electron chi connectivity index (χ4n) is 4.10. The summed E-state index contributed by atoms with van der Waals surface area (Å²) in [6.07, 6.45) is 1.81. The number of Topliss-reactive ketones (excluding diaryl/α,β-unsaturated/α-hetero) is 1. The number of hydrogen-bond acceptors (Lipinski definition) is 6. The number of carbonyl (C=O) groups excluding carboxylic acids is 1. The summed E-state index contributed by atoms with van der Waals surface area (Å²) < 4.78 is 14.3. The van der Waals surface area contributed by atoms with E-state index >= 15 is 0 Å². The zero-order chi connectivity index (χ0) is 25.1. The van der Waals surface area contributed by atoms with Gasteiger partial charge < -0.3 is 14.0 Å². The van der Waals surface area contributed by atoms with Gasteiger partial charge >= 0.3 is 0 Å². The molecule has 0 aliphatic heterocycles. The second kappa shape index (κ2) is 10.2. The summed E-state index contributed by atoms with van der Waals surface area (Å²) in [7, 11) is 3.10. The van der Waals surface area contributed by atoms with Gasteiger partial charge in [0.05, 0.1) is 36.6 Å². The lowest BCUT2D eigenvalue weighted by Crippen LogP contribution is -2.22. The Balaban J connectivity index is 1.76. The molecule has 7 nitrogen and oxygen atoms in total. The minimum atomic E-state index is -0.220. The molecular formula is C27H27N3O4S. The molecule has 0 atom stereocenters. The molecule has 0 aliphatic rings. The molecule has 0 fully saturated rings. The van der Waals surface area contributed by atoms with Crippen LogP contribution in [0.2, 0.25) is 0 Å². The number of para-hydroxylation sites is 1. The van der Waals surface area contributed by atoms with E-state index in [1.165, 1.54) is 16.3 Å². The molecular weight excluding hydrogens is 462 g/mol. The second-order valence-corrected chi connectivity index (χ2v) is 8.93. The van der Waals surface area contributed by atoms with Crippen LogP contribution in [-0.4, -0.2) is 39.9 Å². The topological polar surface area (TPSA) is 75.4 Å². The van der Waals surface area contributed by atoms with Gasteiger partial charge in [0, 0.05) is 29.6 Å². The summed E-state index contributed by atoms with van der Waals surface area (Å²) >= 11 is 1.24. The molecule has 4 aromatic rings. The number of aromatic nitrogens is 3. The van der Waals surface area contributed by atoms with Crippen molar-refractivity contribution in [1.29, 1.82) is 0 Å². The number of carbonyl (C=O) groups is 1. The molecule has 0 radical (unpaired) electrons. The maximum absolute atomic E-state index is 13.5. The van der Waals surface area contributed by atoms with Crippen molar-refractivity contribution in [1.82, 2.24) is 14.1 Å². The van der Waals surface area contributed by atoms with Crippen molar-refractivity contribution in [3.63, 3.8) is 0 Å². The van der Waals surface area contributed by atoms with E-state index in [0.29, 0.717) is 45.4 Å². The first-order chi connectivity index (χ1) is 16.9. The summed E-state index contributed by atoms with van der Waals surface area (Å²) in [6, 6.07) is 14.3. The average Bonchev–Trinajstić information content (AvgIpc) is 3.15. The van der Waals surface area contributed by atoms with Crippen molar-refractivity contribution < 1.29 is 14.3 Å². The maximum Gasteiger partial charge on any atom is 0.266 e. The number of methoxy groups -OCH3 is 2. The zero-order valence-electron chi connectivity index (χ0n) is 20.2. The van der Waals surface area contributed by atoms with Crippen LogP contribution in [0.3, 0.4) is 0 Å². The number of fused-ring (bicyclic) bond motifs is 1. The fourth-order valence-corrected chi connectivity index (χ4v) is 5.00. The molecule has 180 valence electrons. The van der Waals surface area contributed by atoms with Gasteiger partial charge in [0.25, 0.3) is 5.56 Å². The number of aryl methyl sites for hydroxylation is 1.